The van der Waals surface area contributed by atoms with Crippen LogP contribution >= 0.6 is 11.6 Å². The smallest absolute Gasteiger partial charge is 0.321 e. The van der Waals surface area contributed by atoms with Gasteiger partial charge in [-0.2, -0.15) is 0 Å². The molecule has 0 spiro atoms. The maximum absolute atomic E-state index is 13.0. The number of anilines is 1. The monoisotopic (exact) mass is 445 g/mol. The van der Waals surface area contributed by atoms with Gasteiger partial charge in [0.1, 0.15) is 11.6 Å². The van der Waals surface area contributed by atoms with Crippen LogP contribution in [-0.4, -0.2) is 48.6 Å². The summed E-state index contributed by atoms with van der Waals surface area (Å²) in [5.74, 6) is 0.884. The number of ether oxygens (including phenoxy) is 1. The first kappa shape index (κ1) is 21.9. The maximum Gasteiger partial charge on any atom is 0.321 e. The minimum Gasteiger partial charge on any atom is -0.490 e. The van der Waals surface area contributed by atoms with Crippen molar-refractivity contribution in [3.05, 3.63) is 58.9 Å². The van der Waals surface area contributed by atoms with Crippen molar-refractivity contribution in [3.63, 3.8) is 0 Å². The molecule has 0 bridgehead atoms. The number of likely N-dealkylation sites (tertiary alicyclic amines) is 1. The standard InChI is InChI=1S/C24H29ClFN3O2/c1-28(24(30)27-20-7-5-19(26)6-8-20)15-17-12-22(13-17)31-21-9-4-18(23(25)14-21)16-29-10-2-3-11-29/h4-9,14,17,22H,2-3,10-13,15-16H2,1H3,(H,27,30). The predicted octanol–water partition coefficient (Wildman–Crippen LogP) is 5.40. The van der Waals surface area contributed by atoms with Gasteiger partial charge >= 0.3 is 6.03 Å². The van der Waals surface area contributed by atoms with Gasteiger partial charge < -0.3 is 15.0 Å². The highest BCUT2D eigenvalue weighted by atomic mass is 35.5. The van der Waals surface area contributed by atoms with Crippen LogP contribution in [0.1, 0.15) is 31.2 Å². The molecular weight excluding hydrogens is 417 g/mol. The van der Waals surface area contributed by atoms with Gasteiger partial charge in [-0.25, -0.2) is 9.18 Å². The van der Waals surface area contributed by atoms with Crippen LogP contribution in [-0.2, 0) is 6.54 Å². The number of hydrogen-bond donors (Lipinski definition) is 1. The molecule has 2 aromatic rings. The van der Waals surface area contributed by atoms with Crippen molar-refractivity contribution in [1.82, 2.24) is 9.80 Å². The molecule has 2 aliphatic rings. The first-order chi connectivity index (χ1) is 15.0. The SMILES string of the molecule is CN(CC1CC(Oc2ccc(CN3CCCC3)c(Cl)c2)C1)C(=O)Nc1ccc(F)cc1. The third kappa shape index (κ3) is 5.89. The average molecular weight is 446 g/mol. The van der Waals surface area contributed by atoms with Crippen molar-refractivity contribution >= 4 is 23.3 Å². The number of halogens is 2. The second kappa shape index (κ2) is 9.88. The van der Waals surface area contributed by atoms with E-state index in [4.69, 9.17) is 16.3 Å². The number of rotatable bonds is 7. The summed E-state index contributed by atoms with van der Waals surface area (Å²) in [6.07, 6.45) is 4.50. The largest absolute Gasteiger partial charge is 0.490 e. The van der Waals surface area contributed by atoms with Gasteiger partial charge in [-0.05, 0) is 86.7 Å². The Balaban J connectivity index is 1.19. The van der Waals surface area contributed by atoms with Crippen LogP contribution in [0, 0.1) is 11.7 Å². The van der Waals surface area contributed by atoms with Crippen LogP contribution in [0.15, 0.2) is 42.5 Å². The number of carbonyl (C=O) groups is 1. The summed E-state index contributed by atoms with van der Waals surface area (Å²) in [6, 6.07) is 11.6. The van der Waals surface area contributed by atoms with Crippen molar-refractivity contribution in [2.75, 3.05) is 32.0 Å². The number of nitrogens with zero attached hydrogens (tertiary/aromatic N) is 2. The molecule has 0 atom stereocenters. The van der Waals surface area contributed by atoms with Gasteiger partial charge in [0.15, 0.2) is 0 Å². The summed E-state index contributed by atoms with van der Waals surface area (Å²) >= 11 is 6.48. The van der Waals surface area contributed by atoms with Crippen molar-refractivity contribution in [1.29, 1.82) is 0 Å². The van der Waals surface area contributed by atoms with Crippen LogP contribution < -0.4 is 10.1 Å². The molecule has 0 unspecified atom stereocenters. The van der Waals surface area contributed by atoms with Gasteiger partial charge in [0.2, 0.25) is 0 Å². The highest BCUT2D eigenvalue weighted by molar-refractivity contribution is 6.31. The van der Waals surface area contributed by atoms with Gasteiger partial charge in [0.05, 0.1) is 6.10 Å². The minimum absolute atomic E-state index is 0.152. The van der Waals surface area contributed by atoms with Crippen LogP contribution in [0.2, 0.25) is 5.02 Å². The fraction of sp³-hybridized carbons (Fsp3) is 0.458. The molecule has 2 aromatic carbocycles. The van der Waals surface area contributed by atoms with Crippen molar-refractivity contribution in [2.24, 2.45) is 5.92 Å². The third-order valence-corrected chi connectivity index (χ3v) is 6.44. The Morgan fingerprint density at radius 3 is 2.58 bits per heavy atom. The van der Waals surface area contributed by atoms with E-state index in [2.05, 4.69) is 16.3 Å². The van der Waals surface area contributed by atoms with Crippen molar-refractivity contribution in [3.8, 4) is 5.75 Å². The molecule has 4 rings (SSSR count). The lowest BCUT2D eigenvalue weighted by atomic mass is 9.82. The molecule has 1 heterocycles. The molecule has 0 radical (unpaired) electrons. The Bertz CT molecular complexity index is 896. The summed E-state index contributed by atoms with van der Waals surface area (Å²) in [5, 5.41) is 3.54. The molecule has 7 heteroatoms. The highest BCUT2D eigenvalue weighted by Gasteiger charge is 2.32. The zero-order chi connectivity index (χ0) is 21.8. The van der Waals surface area contributed by atoms with Crippen LogP contribution in [0.5, 0.6) is 5.75 Å². The highest BCUT2D eigenvalue weighted by Crippen LogP contribution is 2.33. The lowest BCUT2D eigenvalue weighted by Crippen LogP contribution is -2.43. The first-order valence-electron chi connectivity index (χ1n) is 10.9. The Morgan fingerprint density at radius 2 is 1.90 bits per heavy atom. The summed E-state index contributed by atoms with van der Waals surface area (Å²) in [5.41, 5.74) is 1.73. The number of nitrogens with one attached hydrogen (secondary N) is 1. The molecule has 5 nitrogen and oxygen atoms in total. The van der Waals surface area contributed by atoms with Gasteiger partial charge in [-0.1, -0.05) is 17.7 Å². The second-order valence-electron chi connectivity index (χ2n) is 8.63. The molecule has 1 saturated heterocycles. The van der Waals surface area contributed by atoms with Gasteiger partial charge in [0, 0.05) is 30.8 Å². The first-order valence-corrected chi connectivity index (χ1v) is 11.3. The fourth-order valence-corrected chi connectivity index (χ4v) is 4.48. The number of amides is 2. The molecule has 1 aliphatic heterocycles. The van der Waals surface area contributed by atoms with E-state index in [9.17, 15) is 9.18 Å². The molecular formula is C24H29ClFN3O2. The molecule has 2 amide bonds. The van der Waals surface area contributed by atoms with Gasteiger partial charge in [-0.15, -0.1) is 0 Å². The molecule has 1 N–H and O–H groups in total. The minimum atomic E-state index is -0.325. The topological polar surface area (TPSA) is 44.8 Å². The molecule has 2 fully saturated rings. The van der Waals surface area contributed by atoms with E-state index >= 15 is 0 Å². The maximum atomic E-state index is 13.0. The number of carbonyl (C=O) groups excluding carboxylic acids is 1. The second-order valence-corrected chi connectivity index (χ2v) is 9.04. The molecule has 1 saturated carbocycles. The number of hydrogen-bond acceptors (Lipinski definition) is 3. The fourth-order valence-electron chi connectivity index (χ4n) is 4.25. The van der Waals surface area contributed by atoms with Crippen LogP contribution in [0.4, 0.5) is 14.9 Å². The summed E-state index contributed by atoms with van der Waals surface area (Å²) in [4.78, 5) is 16.4. The quantitative estimate of drug-likeness (QED) is 0.620. The van der Waals surface area contributed by atoms with Crippen molar-refractivity contribution in [2.45, 2.75) is 38.3 Å². The van der Waals surface area contributed by atoms with Gasteiger partial charge in [0.25, 0.3) is 0 Å². The Kier molecular flexibility index (Phi) is 6.98. The lowest BCUT2D eigenvalue weighted by molar-refractivity contribution is 0.0532. The molecule has 1 aliphatic carbocycles. The van der Waals surface area contributed by atoms with Gasteiger partial charge in [-0.3, -0.25) is 4.90 Å². The predicted molar refractivity (Wildman–Crippen MR) is 121 cm³/mol. The number of benzene rings is 2. The van der Waals surface area contributed by atoms with Crippen LogP contribution in [0.25, 0.3) is 0 Å². The summed E-state index contributed by atoms with van der Waals surface area (Å²) < 4.78 is 19.1. The van der Waals surface area contributed by atoms with E-state index in [-0.39, 0.29) is 18.0 Å². The Hall–Kier alpha value is -2.31. The van der Waals surface area contributed by atoms with E-state index in [1.165, 1.54) is 25.0 Å². The summed E-state index contributed by atoms with van der Waals surface area (Å²) in [7, 11) is 1.77. The Labute approximate surface area is 188 Å². The average Bonchev–Trinajstić information content (AvgIpc) is 3.23. The van der Waals surface area contributed by atoms with E-state index < -0.39 is 0 Å². The van der Waals surface area contributed by atoms with E-state index in [1.54, 1.807) is 24.1 Å². The zero-order valence-electron chi connectivity index (χ0n) is 17.8. The van der Waals surface area contributed by atoms with Crippen LogP contribution in [0.3, 0.4) is 0 Å². The molecule has 166 valence electrons. The Morgan fingerprint density at radius 1 is 1.19 bits per heavy atom. The normalized spacial score (nSPS) is 20.9. The zero-order valence-corrected chi connectivity index (χ0v) is 18.6. The van der Waals surface area contributed by atoms with Crippen molar-refractivity contribution < 1.29 is 13.9 Å². The third-order valence-electron chi connectivity index (χ3n) is 6.09. The van der Waals surface area contributed by atoms with E-state index in [1.807, 2.05) is 12.1 Å². The van der Waals surface area contributed by atoms with E-state index in [0.29, 0.717) is 18.2 Å². The molecule has 31 heavy (non-hydrogen) atoms. The summed E-state index contributed by atoms with van der Waals surface area (Å²) in [6.45, 7) is 3.85. The number of urea groups is 1. The lowest BCUT2D eigenvalue weighted by Gasteiger charge is -2.37. The van der Waals surface area contributed by atoms with E-state index in [0.717, 1.165) is 48.8 Å². The molecule has 0 aromatic heterocycles.